The molecule has 0 radical (unpaired) electrons. The summed E-state index contributed by atoms with van der Waals surface area (Å²) < 4.78 is 10.9. The molecule has 2 aliphatic heterocycles. The SMILES string of the molecule is Cc1[nH]c2ccccc2c1[C@H](O)C[NH+]1CC[NH+](Cc2ccc3c(c2)OCO3)CC1. The molecule has 3 heterocycles. The van der Waals surface area contributed by atoms with Gasteiger partial charge in [-0.25, -0.2) is 0 Å². The number of fused-ring (bicyclic) bond motifs is 2. The lowest BCUT2D eigenvalue weighted by molar-refractivity contribution is -1.02. The Bertz CT molecular complexity index is 1010. The van der Waals surface area contributed by atoms with Crippen LogP contribution in [0.3, 0.4) is 0 Å². The van der Waals surface area contributed by atoms with Crippen molar-refractivity contribution >= 4 is 10.9 Å². The Morgan fingerprint density at radius 2 is 1.76 bits per heavy atom. The highest BCUT2D eigenvalue weighted by Gasteiger charge is 2.27. The Morgan fingerprint density at radius 1 is 1.00 bits per heavy atom. The number of aromatic nitrogens is 1. The highest BCUT2D eigenvalue weighted by atomic mass is 16.7. The lowest BCUT2D eigenvalue weighted by Gasteiger charge is -2.31. The summed E-state index contributed by atoms with van der Waals surface area (Å²) in [4.78, 5) is 6.48. The van der Waals surface area contributed by atoms with Gasteiger partial charge in [0.25, 0.3) is 0 Å². The summed E-state index contributed by atoms with van der Waals surface area (Å²) in [5.41, 5.74) is 4.53. The smallest absolute Gasteiger partial charge is 0.231 e. The molecule has 1 fully saturated rings. The van der Waals surface area contributed by atoms with Gasteiger partial charge in [0.2, 0.25) is 6.79 Å². The second kappa shape index (κ2) is 7.71. The number of para-hydroxylation sites is 1. The summed E-state index contributed by atoms with van der Waals surface area (Å²) in [6.45, 7) is 8.55. The van der Waals surface area contributed by atoms with E-state index in [0.717, 1.165) is 72.9 Å². The summed E-state index contributed by atoms with van der Waals surface area (Å²) in [7, 11) is 0. The second-order valence-electron chi connectivity index (χ2n) is 8.29. The van der Waals surface area contributed by atoms with E-state index in [0.29, 0.717) is 6.79 Å². The predicted octanol–water partition coefficient (Wildman–Crippen LogP) is 0.222. The van der Waals surface area contributed by atoms with Crippen LogP contribution in [0.15, 0.2) is 42.5 Å². The molecule has 152 valence electrons. The number of aromatic amines is 1. The number of aliphatic hydroxyl groups is 1. The number of hydrogen-bond donors (Lipinski definition) is 4. The number of aliphatic hydroxyl groups excluding tert-OH is 1. The van der Waals surface area contributed by atoms with Crippen molar-refractivity contribution in [3.63, 3.8) is 0 Å². The predicted molar refractivity (Wildman–Crippen MR) is 111 cm³/mol. The number of aryl methyl sites for hydroxylation is 1. The largest absolute Gasteiger partial charge is 0.454 e. The van der Waals surface area contributed by atoms with Crippen LogP contribution in [-0.2, 0) is 6.54 Å². The maximum Gasteiger partial charge on any atom is 0.231 e. The molecule has 6 nitrogen and oxygen atoms in total. The minimum absolute atomic E-state index is 0.325. The third-order valence-corrected chi connectivity index (χ3v) is 6.31. The monoisotopic (exact) mass is 395 g/mol. The van der Waals surface area contributed by atoms with Crippen LogP contribution in [0.25, 0.3) is 10.9 Å². The number of H-pyrrole nitrogens is 1. The molecule has 1 aromatic heterocycles. The number of rotatable bonds is 5. The molecule has 1 saturated heterocycles. The van der Waals surface area contributed by atoms with Crippen molar-refractivity contribution in [2.24, 2.45) is 0 Å². The Kier molecular flexibility index (Phi) is 4.91. The summed E-state index contributed by atoms with van der Waals surface area (Å²) in [6.07, 6.45) is -0.434. The third-order valence-electron chi connectivity index (χ3n) is 6.31. The van der Waals surface area contributed by atoms with E-state index in [1.54, 1.807) is 4.90 Å². The van der Waals surface area contributed by atoms with Crippen molar-refractivity contribution in [3.8, 4) is 11.5 Å². The number of ether oxygens (including phenoxy) is 2. The topological polar surface area (TPSA) is 63.4 Å². The normalized spacial score (nSPS) is 22.1. The fourth-order valence-electron chi connectivity index (χ4n) is 4.78. The molecule has 0 spiro atoms. The van der Waals surface area contributed by atoms with E-state index in [4.69, 9.17) is 9.47 Å². The minimum Gasteiger partial charge on any atom is -0.454 e. The van der Waals surface area contributed by atoms with Gasteiger partial charge in [0.05, 0.1) is 0 Å². The van der Waals surface area contributed by atoms with Crippen LogP contribution in [0.5, 0.6) is 11.5 Å². The van der Waals surface area contributed by atoms with Gasteiger partial charge in [-0.2, -0.15) is 0 Å². The molecule has 0 bridgehead atoms. The van der Waals surface area contributed by atoms with Crippen molar-refractivity contribution in [1.29, 1.82) is 0 Å². The minimum atomic E-state index is -0.434. The maximum absolute atomic E-state index is 11.0. The van der Waals surface area contributed by atoms with Gasteiger partial charge in [-0.1, -0.05) is 18.2 Å². The Labute approximate surface area is 170 Å². The van der Waals surface area contributed by atoms with Gasteiger partial charge in [-0.05, 0) is 31.2 Å². The molecular weight excluding hydrogens is 366 g/mol. The van der Waals surface area contributed by atoms with Crippen LogP contribution in [0.4, 0.5) is 0 Å². The molecule has 0 saturated carbocycles. The van der Waals surface area contributed by atoms with Gasteiger partial charge < -0.3 is 29.4 Å². The van der Waals surface area contributed by atoms with Crippen LogP contribution in [-0.4, -0.2) is 49.6 Å². The fraction of sp³-hybridized carbons (Fsp3) is 0.391. The van der Waals surface area contributed by atoms with Crippen LogP contribution in [0.2, 0.25) is 0 Å². The van der Waals surface area contributed by atoms with Crippen LogP contribution in [0, 0.1) is 6.92 Å². The van der Waals surface area contributed by atoms with Gasteiger partial charge in [0, 0.05) is 27.7 Å². The molecule has 0 unspecified atom stereocenters. The fourth-order valence-corrected chi connectivity index (χ4v) is 4.78. The van der Waals surface area contributed by atoms with Gasteiger partial charge in [0.15, 0.2) is 11.5 Å². The van der Waals surface area contributed by atoms with E-state index < -0.39 is 6.10 Å². The average molecular weight is 396 g/mol. The summed E-state index contributed by atoms with van der Waals surface area (Å²) in [5, 5.41) is 12.1. The van der Waals surface area contributed by atoms with E-state index >= 15 is 0 Å². The molecule has 3 aromatic rings. The molecule has 2 aromatic carbocycles. The first-order valence-electron chi connectivity index (χ1n) is 10.5. The van der Waals surface area contributed by atoms with E-state index in [2.05, 4.69) is 36.2 Å². The lowest BCUT2D eigenvalue weighted by atomic mass is 10.0. The lowest BCUT2D eigenvalue weighted by Crippen LogP contribution is -3.27. The molecule has 1 atom stereocenters. The molecule has 2 aliphatic rings. The molecule has 4 N–H and O–H groups in total. The number of nitrogens with one attached hydrogen (secondary N) is 3. The van der Waals surface area contributed by atoms with Crippen molar-refractivity contribution in [1.82, 2.24) is 4.98 Å². The van der Waals surface area contributed by atoms with E-state index in [1.165, 1.54) is 10.5 Å². The Balaban J connectivity index is 1.18. The van der Waals surface area contributed by atoms with Crippen LogP contribution >= 0.6 is 0 Å². The zero-order chi connectivity index (χ0) is 19.8. The Morgan fingerprint density at radius 3 is 2.62 bits per heavy atom. The van der Waals surface area contributed by atoms with Gasteiger partial charge in [-0.15, -0.1) is 0 Å². The first kappa shape index (κ1) is 18.5. The van der Waals surface area contributed by atoms with Crippen molar-refractivity contribution in [2.45, 2.75) is 19.6 Å². The summed E-state index contributed by atoms with van der Waals surface area (Å²) >= 11 is 0. The molecular formula is C23H29N3O3+2. The van der Waals surface area contributed by atoms with E-state index in [-0.39, 0.29) is 0 Å². The zero-order valence-corrected chi connectivity index (χ0v) is 16.8. The first-order valence-corrected chi connectivity index (χ1v) is 10.5. The highest BCUT2D eigenvalue weighted by molar-refractivity contribution is 5.84. The Hall–Kier alpha value is -2.54. The zero-order valence-electron chi connectivity index (χ0n) is 16.8. The molecule has 29 heavy (non-hydrogen) atoms. The number of piperazine rings is 1. The van der Waals surface area contributed by atoms with Crippen molar-refractivity contribution in [2.75, 3.05) is 39.5 Å². The van der Waals surface area contributed by atoms with Gasteiger partial charge in [-0.3, -0.25) is 0 Å². The summed E-state index contributed by atoms with van der Waals surface area (Å²) in [6, 6.07) is 14.5. The maximum atomic E-state index is 11.0. The van der Waals surface area contributed by atoms with Crippen LogP contribution < -0.4 is 19.3 Å². The first-order chi connectivity index (χ1) is 14.2. The van der Waals surface area contributed by atoms with Crippen molar-refractivity contribution < 1.29 is 24.4 Å². The van der Waals surface area contributed by atoms with Gasteiger partial charge >= 0.3 is 0 Å². The van der Waals surface area contributed by atoms with Crippen LogP contribution in [0.1, 0.15) is 22.9 Å². The van der Waals surface area contributed by atoms with Crippen molar-refractivity contribution in [3.05, 3.63) is 59.3 Å². The third kappa shape index (κ3) is 3.71. The number of benzene rings is 2. The molecule has 6 heteroatoms. The molecule has 0 amide bonds. The molecule has 0 aliphatic carbocycles. The second-order valence-corrected chi connectivity index (χ2v) is 8.29. The highest BCUT2D eigenvalue weighted by Crippen LogP contribution is 2.32. The molecule has 5 rings (SSSR count). The standard InChI is InChI=1S/C23H27N3O3/c1-16-23(18-4-2-3-5-19(18)24-16)20(27)14-26-10-8-25(9-11-26)13-17-6-7-21-22(12-17)29-15-28-21/h2-7,12,20,24,27H,8-11,13-15H2,1H3/p+2/t20-/m1/s1. The summed E-state index contributed by atoms with van der Waals surface area (Å²) in [5.74, 6) is 1.71. The number of hydrogen-bond acceptors (Lipinski definition) is 3. The van der Waals surface area contributed by atoms with E-state index in [9.17, 15) is 5.11 Å². The average Bonchev–Trinajstić information content (AvgIpc) is 3.32. The number of quaternary nitrogens is 2. The quantitative estimate of drug-likeness (QED) is 0.500. The van der Waals surface area contributed by atoms with Gasteiger partial charge in [0.1, 0.15) is 45.4 Å². The van der Waals surface area contributed by atoms with E-state index in [1.807, 2.05) is 18.2 Å².